The summed E-state index contributed by atoms with van der Waals surface area (Å²) >= 11 is 0. The fraction of sp³-hybridized carbons (Fsp3) is 0.214. The van der Waals surface area contributed by atoms with Crippen LogP contribution in [0, 0.1) is 13.8 Å². The summed E-state index contributed by atoms with van der Waals surface area (Å²) in [5.41, 5.74) is 2.22. The molecule has 2 rings (SSSR count). The normalized spacial score (nSPS) is 10.1. The van der Waals surface area contributed by atoms with E-state index >= 15 is 0 Å². The summed E-state index contributed by atoms with van der Waals surface area (Å²) in [5.74, 6) is 0.320. The number of rotatable bonds is 3. The Balaban J connectivity index is 2.38. The highest BCUT2D eigenvalue weighted by molar-refractivity contribution is 5.91. The van der Waals surface area contributed by atoms with Gasteiger partial charge in [0.1, 0.15) is 17.6 Å². The standard InChI is InChI=1S/C14H14N2O3/c1-9-4-5-10(2)12(6-9)19-13-11(14(17)18-3)7-15-8-16-13/h4-8H,1-3H3. The second kappa shape index (κ2) is 5.48. The van der Waals surface area contributed by atoms with Crippen LogP contribution >= 0.6 is 0 Å². The van der Waals surface area contributed by atoms with Crippen molar-refractivity contribution in [1.82, 2.24) is 9.97 Å². The van der Waals surface area contributed by atoms with Gasteiger partial charge in [-0.25, -0.2) is 14.8 Å². The van der Waals surface area contributed by atoms with Gasteiger partial charge in [0.2, 0.25) is 5.88 Å². The van der Waals surface area contributed by atoms with Crippen LogP contribution in [0.4, 0.5) is 0 Å². The number of nitrogens with zero attached hydrogens (tertiary/aromatic N) is 2. The van der Waals surface area contributed by atoms with Crippen molar-refractivity contribution >= 4 is 5.97 Å². The first kappa shape index (κ1) is 13.0. The highest BCUT2D eigenvalue weighted by atomic mass is 16.5. The molecule has 0 spiro atoms. The first-order valence-electron chi connectivity index (χ1n) is 5.75. The number of carbonyl (C=O) groups is 1. The molecule has 0 saturated heterocycles. The zero-order chi connectivity index (χ0) is 13.8. The smallest absolute Gasteiger partial charge is 0.345 e. The van der Waals surface area contributed by atoms with E-state index in [1.54, 1.807) is 0 Å². The molecule has 0 unspecified atom stereocenters. The Bertz CT molecular complexity index is 611. The molecule has 1 aromatic heterocycles. The van der Waals surface area contributed by atoms with Crippen molar-refractivity contribution in [2.45, 2.75) is 13.8 Å². The van der Waals surface area contributed by atoms with E-state index in [4.69, 9.17) is 4.74 Å². The Morgan fingerprint density at radius 1 is 1.26 bits per heavy atom. The quantitative estimate of drug-likeness (QED) is 0.792. The molecule has 0 aliphatic rings. The van der Waals surface area contributed by atoms with E-state index in [9.17, 15) is 4.79 Å². The van der Waals surface area contributed by atoms with E-state index < -0.39 is 5.97 Å². The largest absolute Gasteiger partial charge is 0.465 e. The molecule has 0 saturated carbocycles. The van der Waals surface area contributed by atoms with Crippen LogP contribution in [0.5, 0.6) is 11.6 Å². The predicted octanol–water partition coefficient (Wildman–Crippen LogP) is 2.67. The Kier molecular flexibility index (Phi) is 3.75. The fourth-order valence-corrected chi connectivity index (χ4v) is 1.57. The lowest BCUT2D eigenvalue weighted by atomic mass is 10.1. The van der Waals surface area contributed by atoms with Gasteiger partial charge in [0, 0.05) is 6.20 Å². The van der Waals surface area contributed by atoms with E-state index in [0.717, 1.165) is 11.1 Å². The number of esters is 1. The minimum absolute atomic E-state index is 0.190. The maximum atomic E-state index is 11.6. The second-order valence-electron chi connectivity index (χ2n) is 4.10. The summed E-state index contributed by atoms with van der Waals surface area (Å²) in [7, 11) is 1.30. The molecule has 1 heterocycles. The topological polar surface area (TPSA) is 61.3 Å². The van der Waals surface area contributed by atoms with Crippen molar-refractivity contribution in [3.8, 4) is 11.6 Å². The monoisotopic (exact) mass is 258 g/mol. The number of aromatic nitrogens is 2. The summed E-state index contributed by atoms with van der Waals surface area (Å²) in [5, 5.41) is 0. The number of carbonyl (C=O) groups excluding carboxylic acids is 1. The molecule has 0 fully saturated rings. The molecule has 2 aromatic rings. The molecule has 0 atom stereocenters. The van der Waals surface area contributed by atoms with Crippen molar-refractivity contribution in [1.29, 1.82) is 0 Å². The minimum Gasteiger partial charge on any atom is -0.465 e. The van der Waals surface area contributed by atoms with Crippen molar-refractivity contribution in [3.05, 3.63) is 47.4 Å². The molecule has 5 nitrogen and oxygen atoms in total. The van der Waals surface area contributed by atoms with E-state index in [1.807, 2.05) is 32.0 Å². The van der Waals surface area contributed by atoms with Crippen LogP contribution in [-0.4, -0.2) is 23.0 Å². The molecular formula is C14H14N2O3. The van der Waals surface area contributed by atoms with Gasteiger partial charge in [-0.05, 0) is 31.0 Å². The third-order valence-electron chi connectivity index (χ3n) is 2.63. The van der Waals surface area contributed by atoms with Gasteiger partial charge in [0.05, 0.1) is 7.11 Å². The molecule has 0 bridgehead atoms. The van der Waals surface area contributed by atoms with E-state index in [-0.39, 0.29) is 11.4 Å². The molecule has 19 heavy (non-hydrogen) atoms. The first-order chi connectivity index (χ1) is 9.11. The molecule has 0 amide bonds. The van der Waals surface area contributed by atoms with Gasteiger partial charge >= 0.3 is 5.97 Å². The number of ether oxygens (including phenoxy) is 2. The third-order valence-corrected chi connectivity index (χ3v) is 2.63. The molecular weight excluding hydrogens is 244 g/mol. The second-order valence-corrected chi connectivity index (χ2v) is 4.10. The summed E-state index contributed by atoms with van der Waals surface area (Å²) < 4.78 is 10.4. The first-order valence-corrected chi connectivity index (χ1v) is 5.75. The molecule has 0 aliphatic heterocycles. The van der Waals surface area contributed by atoms with Crippen LogP contribution < -0.4 is 4.74 Å². The van der Waals surface area contributed by atoms with E-state index in [2.05, 4.69) is 14.7 Å². The fourth-order valence-electron chi connectivity index (χ4n) is 1.57. The predicted molar refractivity (Wildman–Crippen MR) is 69.4 cm³/mol. The number of benzene rings is 1. The van der Waals surface area contributed by atoms with Gasteiger partial charge in [-0.3, -0.25) is 0 Å². The Morgan fingerprint density at radius 3 is 2.79 bits per heavy atom. The van der Waals surface area contributed by atoms with Gasteiger partial charge < -0.3 is 9.47 Å². The zero-order valence-electron chi connectivity index (χ0n) is 11.0. The van der Waals surface area contributed by atoms with Crippen molar-refractivity contribution in [2.24, 2.45) is 0 Å². The zero-order valence-corrected chi connectivity index (χ0v) is 11.0. The van der Waals surface area contributed by atoms with Crippen LogP contribution in [-0.2, 0) is 4.74 Å². The minimum atomic E-state index is -0.527. The Hall–Kier alpha value is -2.43. The van der Waals surface area contributed by atoms with Gasteiger partial charge in [0.25, 0.3) is 0 Å². The van der Waals surface area contributed by atoms with Gasteiger partial charge in [0.15, 0.2) is 0 Å². The number of methoxy groups -OCH3 is 1. The van der Waals surface area contributed by atoms with Crippen LogP contribution in [0.1, 0.15) is 21.5 Å². The maximum absolute atomic E-state index is 11.6. The average molecular weight is 258 g/mol. The molecule has 5 heteroatoms. The summed E-state index contributed by atoms with van der Waals surface area (Å²) in [4.78, 5) is 19.4. The third kappa shape index (κ3) is 2.88. The number of hydrogen-bond donors (Lipinski definition) is 0. The molecule has 98 valence electrons. The molecule has 0 N–H and O–H groups in total. The summed E-state index contributed by atoms with van der Waals surface area (Å²) in [6, 6.07) is 5.82. The van der Waals surface area contributed by atoms with Crippen molar-refractivity contribution in [2.75, 3.05) is 7.11 Å². The van der Waals surface area contributed by atoms with Gasteiger partial charge in [-0.15, -0.1) is 0 Å². The van der Waals surface area contributed by atoms with Crippen LogP contribution in [0.25, 0.3) is 0 Å². The summed E-state index contributed by atoms with van der Waals surface area (Å²) in [6.07, 6.45) is 2.70. The molecule has 0 aliphatic carbocycles. The number of hydrogen-bond acceptors (Lipinski definition) is 5. The van der Waals surface area contributed by atoms with Gasteiger partial charge in [-0.1, -0.05) is 12.1 Å². The van der Waals surface area contributed by atoms with Crippen LogP contribution in [0.2, 0.25) is 0 Å². The number of aryl methyl sites for hydroxylation is 2. The van der Waals surface area contributed by atoms with Crippen LogP contribution in [0.15, 0.2) is 30.7 Å². The Labute approximate surface area is 111 Å². The van der Waals surface area contributed by atoms with Crippen LogP contribution in [0.3, 0.4) is 0 Å². The average Bonchev–Trinajstić information content (AvgIpc) is 2.42. The van der Waals surface area contributed by atoms with E-state index in [0.29, 0.717) is 5.75 Å². The summed E-state index contributed by atoms with van der Waals surface area (Å²) in [6.45, 7) is 3.89. The molecule has 0 radical (unpaired) electrons. The lowest BCUT2D eigenvalue weighted by Gasteiger charge is -2.10. The van der Waals surface area contributed by atoms with E-state index in [1.165, 1.54) is 19.6 Å². The Morgan fingerprint density at radius 2 is 2.05 bits per heavy atom. The lowest BCUT2D eigenvalue weighted by molar-refractivity contribution is 0.0596. The lowest BCUT2D eigenvalue weighted by Crippen LogP contribution is -2.06. The maximum Gasteiger partial charge on any atom is 0.345 e. The highest BCUT2D eigenvalue weighted by Gasteiger charge is 2.16. The van der Waals surface area contributed by atoms with Crippen molar-refractivity contribution in [3.63, 3.8) is 0 Å². The SMILES string of the molecule is COC(=O)c1cncnc1Oc1cc(C)ccc1C. The molecule has 1 aromatic carbocycles. The van der Waals surface area contributed by atoms with Gasteiger partial charge in [-0.2, -0.15) is 0 Å². The van der Waals surface area contributed by atoms with Crippen molar-refractivity contribution < 1.29 is 14.3 Å². The highest BCUT2D eigenvalue weighted by Crippen LogP contribution is 2.26.